The molecule has 16 nitrogen and oxygen atoms in total. The molecule has 0 saturated carbocycles. The van der Waals surface area contributed by atoms with Crippen LogP contribution < -0.4 is 21.6 Å². The number of Topliss-reactive ketones (excluding diaryl/α,β-unsaturated/α-hetero) is 1. The number of hydrogen-bond donors (Lipinski definition) is 6. The van der Waals surface area contributed by atoms with E-state index in [-0.39, 0.29) is 28.6 Å². The largest absolute Gasteiger partial charge is 0.478 e. The number of ether oxygens (including phenoxy) is 1. The number of anilines is 2. The number of imidazole rings is 1. The highest BCUT2D eigenvalue weighted by atomic mass is 16.5. The Bertz CT molecular complexity index is 2020. The van der Waals surface area contributed by atoms with Crippen molar-refractivity contribution in [3.63, 3.8) is 0 Å². The van der Waals surface area contributed by atoms with Crippen molar-refractivity contribution >= 4 is 57.5 Å². The number of nitrogens with zero attached hydrogens (tertiary/aromatic N) is 4. The molecule has 4 rings (SSSR count). The van der Waals surface area contributed by atoms with E-state index in [4.69, 9.17) is 10.1 Å². The molecule has 0 fully saturated rings. The van der Waals surface area contributed by atoms with Gasteiger partial charge in [-0.05, 0) is 113 Å². The van der Waals surface area contributed by atoms with Crippen LogP contribution in [0.2, 0.25) is 0 Å². The van der Waals surface area contributed by atoms with Crippen molar-refractivity contribution in [3.8, 4) is 0 Å². The van der Waals surface area contributed by atoms with E-state index in [1.807, 2.05) is 0 Å². The molecule has 1 heterocycles. The quantitative estimate of drug-likeness (QED) is 0.0214. The first kappa shape index (κ1) is 42.7. The molecule has 16 heteroatoms. The number of H-pyrrole nitrogens is 2. The van der Waals surface area contributed by atoms with Gasteiger partial charge < -0.3 is 40.5 Å². The molecule has 3 amide bonds. The normalized spacial score (nSPS) is 11.9. The molecule has 0 radical (unpaired) electrons. The SMILES string of the molecule is CCN(CC)CCCNC(=O)c1cc(NC(=O)c2ccc(N=NC(C(C)=O)C(=O)Nc3ccc4[nH]c(=O)[nH]c4c3)cc2)cc(C(=N)OCCCN(CC)CC)c1. The van der Waals surface area contributed by atoms with Gasteiger partial charge in [-0.25, -0.2) is 4.79 Å². The molecule has 0 spiro atoms. The molecule has 4 aromatic rings. The van der Waals surface area contributed by atoms with Crippen LogP contribution in [0.3, 0.4) is 0 Å². The summed E-state index contributed by atoms with van der Waals surface area (Å²) < 4.78 is 5.75. The fourth-order valence-electron chi connectivity index (χ4n) is 5.84. The summed E-state index contributed by atoms with van der Waals surface area (Å²) in [6, 6.07) is 14.1. The minimum Gasteiger partial charge on any atom is -0.478 e. The second kappa shape index (κ2) is 21.2. The number of carbonyl (C=O) groups is 4. The van der Waals surface area contributed by atoms with E-state index in [1.165, 1.54) is 31.2 Å². The molecule has 1 unspecified atom stereocenters. The highest BCUT2D eigenvalue weighted by Crippen LogP contribution is 2.21. The molecule has 1 aromatic heterocycles. The minimum absolute atomic E-state index is 0.110. The van der Waals surface area contributed by atoms with Crippen LogP contribution in [0, 0.1) is 5.41 Å². The Hall–Kier alpha value is -6.00. The lowest BCUT2D eigenvalue weighted by molar-refractivity contribution is -0.126. The van der Waals surface area contributed by atoms with Crippen LogP contribution in [0.5, 0.6) is 0 Å². The van der Waals surface area contributed by atoms with Crippen LogP contribution in [0.25, 0.3) is 11.0 Å². The maximum absolute atomic E-state index is 13.4. The number of aromatic nitrogens is 2. The lowest BCUT2D eigenvalue weighted by atomic mass is 10.1. The molecule has 0 bridgehead atoms. The molecule has 0 aliphatic heterocycles. The summed E-state index contributed by atoms with van der Waals surface area (Å²) in [7, 11) is 0. The third kappa shape index (κ3) is 12.5. The first-order valence-corrected chi connectivity index (χ1v) is 18.9. The van der Waals surface area contributed by atoms with Crippen molar-refractivity contribution in [1.29, 1.82) is 5.41 Å². The number of carbonyl (C=O) groups excluding carboxylic acids is 4. The Kier molecular flexibility index (Phi) is 16.2. The average Bonchev–Trinajstić information content (AvgIpc) is 3.57. The zero-order valence-corrected chi connectivity index (χ0v) is 32.7. The van der Waals surface area contributed by atoms with Crippen LogP contribution >= 0.6 is 0 Å². The maximum atomic E-state index is 13.4. The summed E-state index contributed by atoms with van der Waals surface area (Å²) in [5, 5.41) is 25.0. The Balaban J connectivity index is 1.44. The van der Waals surface area contributed by atoms with Gasteiger partial charge >= 0.3 is 5.69 Å². The number of fused-ring (bicyclic) bond motifs is 1. The molecule has 6 N–H and O–H groups in total. The molecular formula is C40H52N10O6. The highest BCUT2D eigenvalue weighted by Gasteiger charge is 2.23. The van der Waals surface area contributed by atoms with E-state index >= 15 is 0 Å². The molecule has 56 heavy (non-hydrogen) atoms. The van der Waals surface area contributed by atoms with E-state index in [2.05, 4.69) is 73.6 Å². The van der Waals surface area contributed by atoms with Gasteiger partial charge in [-0.2, -0.15) is 10.2 Å². The van der Waals surface area contributed by atoms with Gasteiger partial charge in [0.2, 0.25) is 11.9 Å². The van der Waals surface area contributed by atoms with Gasteiger partial charge in [0.25, 0.3) is 17.7 Å². The van der Waals surface area contributed by atoms with Crippen molar-refractivity contribution in [2.24, 2.45) is 10.2 Å². The monoisotopic (exact) mass is 768 g/mol. The summed E-state index contributed by atoms with van der Waals surface area (Å²) in [5.41, 5.74) is 2.50. The zero-order valence-electron chi connectivity index (χ0n) is 32.7. The van der Waals surface area contributed by atoms with Gasteiger partial charge in [-0.3, -0.25) is 24.6 Å². The second-order valence-electron chi connectivity index (χ2n) is 13.1. The third-order valence-corrected chi connectivity index (χ3v) is 9.14. The lowest BCUT2D eigenvalue weighted by Crippen LogP contribution is -2.31. The Morgan fingerprint density at radius 2 is 1.39 bits per heavy atom. The van der Waals surface area contributed by atoms with Crippen molar-refractivity contribution in [3.05, 3.63) is 87.8 Å². The zero-order chi connectivity index (χ0) is 40.6. The summed E-state index contributed by atoms with van der Waals surface area (Å²) >= 11 is 0. The minimum atomic E-state index is -1.44. The standard InChI is InChI=1S/C40H52N10O6/c1-6-49(7-2)19-10-18-42-37(52)29-22-28(36(41)56-21-11-20-50(8-3)9-4)23-32(24-29)44-38(53)27-12-14-30(15-13-27)47-48-35(26(5)51)39(54)43-31-16-17-33-34(25-31)46-40(55)45-33/h12-17,22-25,35,41H,6-11,18-21H2,1-5H3,(H,42,52)(H,43,54)(H,44,53)(H2,45,46,55). The summed E-state index contributed by atoms with van der Waals surface area (Å²) in [6.45, 7) is 15.8. The van der Waals surface area contributed by atoms with Crippen LogP contribution in [-0.4, -0.2) is 108 Å². The van der Waals surface area contributed by atoms with Crippen LogP contribution in [0.1, 0.15) is 73.7 Å². The van der Waals surface area contributed by atoms with Crippen molar-refractivity contribution < 1.29 is 23.9 Å². The summed E-state index contributed by atoms with van der Waals surface area (Å²) in [4.78, 5) is 73.2. The number of azo groups is 1. The molecule has 298 valence electrons. The number of rotatable bonds is 21. The number of ketones is 1. The van der Waals surface area contributed by atoms with Gasteiger partial charge in [0.15, 0.2) is 5.78 Å². The Morgan fingerprint density at radius 3 is 2.05 bits per heavy atom. The van der Waals surface area contributed by atoms with Gasteiger partial charge in [0.1, 0.15) is 0 Å². The number of benzene rings is 3. The lowest BCUT2D eigenvalue weighted by Gasteiger charge is -2.18. The Morgan fingerprint density at radius 1 is 0.750 bits per heavy atom. The van der Waals surface area contributed by atoms with E-state index in [1.54, 1.807) is 36.4 Å². The topological polar surface area (TPSA) is 217 Å². The maximum Gasteiger partial charge on any atom is 0.323 e. The van der Waals surface area contributed by atoms with Crippen molar-refractivity contribution in [2.45, 2.75) is 53.5 Å². The van der Waals surface area contributed by atoms with Gasteiger partial charge in [0, 0.05) is 41.2 Å². The molecular weight excluding hydrogens is 717 g/mol. The number of hydrogen-bond acceptors (Lipinski definition) is 11. The molecule has 0 saturated heterocycles. The summed E-state index contributed by atoms with van der Waals surface area (Å²) in [6.07, 6.45) is 1.50. The number of aromatic amines is 2. The first-order valence-electron chi connectivity index (χ1n) is 18.9. The van der Waals surface area contributed by atoms with Crippen LogP contribution in [0.4, 0.5) is 17.1 Å². The van der Waals surface area contributed by atoms with Crippen LogP contribution in [0.15, 0.2) is 75.7 Å². The Labute approximate surface area is 326 Å². The highest BCUT2D eigenvalue weighted by molar-refractivity contribution is 6.10. The fourth-order valence-corrected chi connectivity index (χ4v) is 5.84. The molecule has 0 aliphatic carbocycles. The van der Waals surface area contributed by atoms with Crippen molar-refractivity contribution in [2.75, 3.05) is 63.1 Å². The number of amides is 3. The second-order valence-corrected chi connectivity index (χ2v) is 13.1. The predicted molar refractivity (Wildman–Crippen MR) is 217 cm³/mol. The van der Waals surface area contributed by atoms with Gasteiger partial charge in [0.05, 0.1) is 23.3 Å². The van der Waals surface area contributed by atoms with E-state index in [0.29, 0.717) is 46.8 Å². The van der Waals surface area contributed by atoms with Gasteiger partial charge in [-0.1, -0.05) is 27.7 Å². The average molecular weight is 769 g/mol. The number of nitrogens with one attached hydrogen (secondary N) is 6. The molecule has 0 aliphatic rings. The molecule has 3 aromatic carbocycles. The third-order valence-electron chi connectivity index (χ3n) is 9.14. The van der Waals surface area contributed by atoms with Crippen LogP contribution in [-0.2, 0) is 14.3 Å². The predicted octanol–water partition coefficient (Wildman–Crippen LogP) is 5.32. The van der Waals surface area contributed by atoms with E-state index < -0.39 is 23.6 Å². The molecule has 1 atom stereocenters. The first-order chi connectivity index (χ1) is 26.9. The smallest absolute Gasteiger partial charge is 0.323 e. The van der Waals surface area contributed by atoms with E-state index in [9.17, 15) is 24.0 Å². The fraction of sp³-hybridized carbons (Fsp3) is 0.400. The van der Waals surface area contributed by atoms with Crippen molar-refractivity contribution in [1.82, 2.24) is 25.1 Å². The van der Waals surface area contributed by atoms with E-state index in [0.717, 1.165) is 52.1 Å². The van der Waals surface area contributed by atoms with Gasteiger partial charge in [-0.15, -0.1) is 0 Å². The summed E-state index contributed by atoms with van der Waals surface area (Å²) in [5.74, 6) is -2.17.